The second-order valence-corrected chi connectivity index (χ2v) is 13.6. The van der Waals surface area contributed by atoms with Crippen LogP contribution in [-0.4, -0.2) is 81.5 Å². The van der Waals surface area contributed by atoms with Gasteiger partial charge < -0.3 is 15.5 Å². The van der Waals surface area contributed by atoms with Crippen molar-refractivity contribution in [1.82, 2.24) is 26.0 Å². The predicted molar refractivity (Wildman–Crippen MR) is 142 cm³/mol. The van der Waals surface area contributed by atoms with Gasteiger partial charge in [0.15, 0.2) is 5.67 Å². The lowest BCUT2D eigenvalue weighted by atomic mass is 9.95. The first-order valence-electron chi connectivity index (χ1n) is 14.0. The Morgan fingerprint density at radius 1 is 1.20 bits per heavy atom. The number of alkyl halides is 3. The van der Waals surface area contributed by atoms with Crippen LogP contribution < -0.4 is 16.1 Å². The van der Waals surface area contributed by atoms with Gasteiger partial charge in [0.2, 0.25) is 11.8 Å². The first kappa shape index (κ1) is 30.5. The number of fused-ring (bicyclic) bond motifs is 1. The second-order valence-electron chi connectivity index (χ2n) is 13.2. The van der Waals surface area contributed by atoms with E-state index in [-0.39, 0.29) is 55.0 Å². The zero-order chi connectivity index (χ0) is 29.9. The summed E-state index contributed by atoms with van der Waals surface area (Å²) in [6.45, 7) is 11.1. The predicted octanol–water partition coefficient (Wildman–Crippen LogP) is 1.81. The summed E-state index contributed by atoms with van der Waals surface area (Å²) in [6, 6.07) is -2.06. The number of hydrogen-bond acceptors (Lipinski definition) is 5. The van der Waals surface area contributed by atoms with Gasteiger partial charge >= 0.3 is 0 Å². The summed E-state index contributed by atoms with van der Waals surface area (Å²) in [5, 5.41) is 6.11. The van der Waals surface area contributed by atoms with Crippen molar-refractivity contribution in [3.8, 4) is 0 Å². The molecule has 0 radical (unpaired) electrons. The SMILES string of the molecule is CC[C@H](C)[C@H](NC(=O)C1(F)CC1)C(=O)N1C[C@H]2[C@@H]([C@H]1C(=O)NN(C[C@H]1CC(C)(C)NC1=O)C(=O)[C@H](F)Cl)C2(C)C. The summed E-state index contributed by atoms with van der Waals surface area (Å²) >= 11 is 5.44. The second kappa shape index (κ2) is 10.4. The van der Waals surface area contributed by atoms with Crippen LogP contribution >= 0.6 is 11.6 Å². The number of hydrogen-bond donors (Lipinski definition) is 3. The zero-order valence-corrected chi connectivity index (χ0v) is 24.6. The van der Waals surface area contributed by atoms with Crippen LogP contribution in [0.3, 0.4) is 0 Å². The highest BCUT2D eigenvalue weighted by molar-refractivity contribution is 6.29. The number of nitrogens with zero attached hydrogens (tertiary/aromatic N) is 2. The molecule has 2 saturated heterocycles. The zero-order valence-electron chi connectivity index (χ0n) is 23.9. The van der Waals surface area contributed by atoms with Gasteiger partial charge in [-0.2, -0.15) is 0 Å². The van der Waals surface area contributed by atoms with Gasteiger partial charge in [-0.1, -0.05) is 45.7 Å². The number of rotatable bonds is 9. The Kier molecular flexibility index (Phi) is 7.92. The molecule has 4 fully saturated rings. The van der Waals surface area contributed by atoms with E-state index in [9.17, 15) is 32.8 Å². The third-order valence-electron chi connectivity index (χ3n) is 9.31. The van der Waals surface area contributed by atoms with Crippen LogP contribution in [0.4, 0.5) is 8.78 Å². The number of amides is 5. The lowest BCUT2D eigenvalue weighted by molar-refractivity contribution is -0.151. The molecule has 13 heteroatoms. The van der Waals surface area contributed by atoms with E-state index in [2.05, 4.69) is 16.1 Å². The van der Waals surface area contributed by atoms with Crippen molar-refractivity contribution in [2.45, 2.75) is 96.1 Å². The van der Waals surface area contributed by atoms with E-state index < -0.39 is 58.5 Å². The van der Waals surface area contributed by atoms with E-state index in [0.717, 1.165) is 5.01 Å². The van der Waals surface area contributed by atoms with Gasteiger partial charge in [-0.25, -0.2) is 13.8 Å². The summed E-state index contributed by atoms with van der Waals surface area (Å²) in [6.07, 6.45) is 1.07. The minimum atomic E-state index is -2.45. The van der Waals surface area contributed by atoms with E-state index >= 15 is 0 Å². The summed E-state index contributed by atoms with van der Waals surface area (Å²) in [4.78, 5) is 66.6. The molecule has 0 spiro atoms. The van der Waals surface area contributed by atoms with Gasteiger partial charge in [-0.3, -0.25) is 29.4 Å². The summed E-state index contributed by atoms with van der Waals surface area (Å²) < 4.78 is 28.4. The number of hydrazine groups is 1. The van der Waals surface area contributed by atoms with Crippen LogP contribution in [0, 0.1) is 29.1 Å². The number of piperidine rings is 1. The lowest BCUT2D eigenvalue weighted by Gasteiger charge is -2.36. The fraction of sp³-hybridized carbons (Fsp3) is 0.815. The van der Waals surface area contributed by atoms with Crippen LogP contribution in [0.5, 0.6) is 0 Å². The Balaban J connectivity index is 1.56. The van der Waals surface area contributed by atoms with Gasteiger partial charge in [0.05, 0.1) is 12.5 Å². The number of likely N-dealkylation sites (tertiary alicyclic amines) is 1. The van der Waals surface area contributed by atoms with Crippen LogP contribution in [0.2, 0.25) is 0 Å². The van der Waals surface area contributed by atoms with Crippen LogP contribution in [0.25, 0.3) is 0 Å². The van der Waals surface area contributed by atoms with Crippen LogP contribution in [-0.2, 0) is 24.0 Å². The van der Waals surface area contributed by atoms with Gasteiger partial charge in [-0.15, -0.1) is 0 Å². The molecular formula is C27H40ClF2N5O5. The molecule has 7 atom stereocenters. The third-order valence-corrected chi connectivity index (χ3v) is 9.50. The van der Waals surface area contributed by atoms with Crippen molar-refractivity contribution in [1.29, 1.82) is 0 Å². The van der Waals surface area contributed by atoms with Crippen molar-refractivity contribution in [3.05, 3.63) is 0 Å². The summed E-state index contributed by atoms with van der Waals surface area (Å²) in [5.74, 6) is -4.91. The van der Waals surface area contributed by atoms with Crippen molar-refractivity contribution in [2.24, 2.45) is 29.1 Å². The Morgan fingerprint density at radius 2 is 1.82 bits per heavy atom. The van der Waals surface area contributed by atoms with Gasteiger partial charge in [0.1, 0.15) is 12.1 Å². The maximum atomic E-state index is 14.5. The average Bonchev–Trinajstić information content (AvgIpc) is 3.60. The standard InChI is InChI=1S/C27H40ClF2N5O5/c1-7-13(2)17(31-24(40)27(30)8-9-27)22(38)34-12-15-16(26(15,5)6)18(34)21(37)33-35(23(39)19(28)29)11-14-10-25(3,4)32-20(14)36/h13-19H,7-12H2,1-6H3,(H,31,40)(H,32,36)(H,33,37)/t13-,14+,15-,16-,17-,18-,19-/m0/s1. The highest BCUT2D eigenvalue weighted by atomic mass is 35.5. The van der Waals surface area contributed by atoms with E-state index in [4.69, 9.17) is 11.6 Å². The molecule has 2 heterocycles. The Bertz CT molecular complexity index is 1100. The fourth-order valence-electron chi connectivity index (χ4n) is 6.35. The highest BCUT2D eigenvalue weighted by Gasteiger charge is 2.70. The summed E-state index contributed by atoms with van der Waals surface area (Å²) in [5.41, 5.74) is -2.78. The molecule has 10 nitrogen and oxygen atoms in total. The molecule has 0 aromatic rings. The minimum Gasteiger partial charge on any atom is -0.351 e. The highest BCUT2D eigenvalue weighted by Crippen LogP contribution is 2.65. The van der Waals surface area contributed by atoms with Crippen molar-refractivity contribution >= 4 is 41.1 Å². The molecule has 0 unspecified atom stereocenters. The number of carbonyl (C=O) groups is 5. The molecule has 0 aromatic heterocycles. The normalized spacial score (nSPS) is 30.8. The maximum absolute atomic E-state index is 14.5. The van der Waals surface area contributed by atoms with Gasteiger partial charge in [-0.05, 0) is 56.3 Å². The Morgan fingerprint density at radius 3 is 2.33 bits per heavy atom. The van der Waals surface area contributed by atoms with Crippen molar-refractivity contribution in [2.75, 3.05) is 13.1 Å². The van der Waals surface area contributed by atoms with Gasteiger partial charge in [0.25, 0.3) is 23.4 Å². The molecule has 0 aromatic carbocycles. The molecule has 4 rings (SSSR count). The quantitative estimate of drug-likeness (QED) is 0.280. The average molecular weight is 588 g/mol. The topological polar surface area (TPSA) is 128 Å². The lowest BCUT2D eigenvalue weighted by Crippen LogP contribution is -2.61. The smallest absolute Gasteiger partial charge is 0.291 e. The number of carbonyl (C=O) groups excluding carboxylic acids is 5. The third kappa shape index (κ3) is 5.65. The van der Waals surface area contributed by atoms with Gasteiger partial charge in [0, 0.05) is 12.1 Å². The number of nitrogens with one attached hydrogen (secondary N) is 3. The van der Waals surface area contributed by atoms with Crippen LogP contribution in [0.15, 0.2) is 0 Å². The molecule has 5 amide bonds. The maximum Gasteiger partial charge on any atom is 0.291 e. The molecule has 2 saturated carbocycles. The summed E-state index contributed by atoms with van der Waals surface area (Å²) in [7, 11) is 0. The molecule has 3 N–H and O–H groups in total. The van der Waals surface area contributed by atoms with E-state index in [0.29, 0.717) is 12.8 Å². The molecular weight excluding hydrogens is 548 g/mol. The van der Waals surface area contributed by atoms with Crippen molar-refractivity contribution in [3.63, 3.8) is 0 Å². The first-order valence-corrected chi connectivity index (χ1v) is 14.4. The monoisotopic (exact) mass is 587 g/mol. The van der Waals surface area contributed by atoms with E-state index in [1.807, 2.05) is 34.6 Å². The molecule has 4 aliphatic rings. The molecule has 224 valence electrons. The molecule has 2 aliphatic heterocycles. The van der Waals surface area contributed by atoms with E-state index in [1.54, 1.807) is 6.92 Å². The Hall–Kier alpha value is -2.50. The molecule has 2 aliphatic carbocycles. The van der Waals surface area contributed by atoms with E-state index in [1.165, 1.54) is 4.90 Å². The Labute approximate surface area is 238 Å². The van der Waals surface area contributed by atoms with Crippen molar-refractivity contribution < 1.29 is 32.8 Å². The van der Waals surface area contributed by atoms with Crippen LogP contribution in [0.1, 0.15) is 67.2 Å². The largest absolute Gasteiger partial charge is 0.351 e. The molecule has 40 heavy (non-hydrogen) atoms. The first-order chi connectivity index (χ1) is 18.4. The fourth-order valence-corrected chi connectivity index (χ4v) is 6.47. The molecule has 0 bridgehead atoms. The minimum absolute atomic E-state index is 0.0102. The number of halogens is 3.